The van der Waals surface area contributed by atoms with Gasteiger partial charge in [-0.1, -0.05) is 0 Å². The number of methoxy groups -OCH3 is 1. The van der Waals surface area contributed by atoms with Crippen LogP contribution in [-0.4, -0.2) is 24.7 Å². The number of aromatic nitrogens is 1. The number of hydrogen-bond donors (Lipinski definition) is 0. The Labute approximate surface area is 92.3 Å². The average Bonchev–Trinajstić information content (AvgIpc) is 2.19. The van der Waals surface area contributed by atoms with Crippen LogP contribution in [0.3, 0.4) is 0 Å². The van der Waals surface area contributed by atoms with Gasteiger partial charge in [0.1, 0.15) is 0 Å². The molecular formula is C8H6BrF2NO3. The normalized spacial score (nSPS) is 10.2. The van der Waals surface area contributed by atoms with Gasteiger partial charge < -0.3 is 9.47 Å². The SMILES string of the molecule is COC(=O)c1ccc(Br)c(OC(F)F)n1. The third kappa shape index (κ3) is 3.12. The number of alkyl halides is 2. The van der Waals surface area contributed by atoms with E-state index in [4.69, 9.17) is 0 Å². The van der Waals surface area contributed by atoms with Gasteiger partial charge in [-0.3, -0.25) is 0 Å². The molecule has 0 radical (unpaired) electrons. The van der Waals surface area contributed by atoms with Gasteiger partial charge in [-0.05, 0) is 28.1 Å². The summed E-state index contributed by atoms with van der Waals surface area (Å²) < 4.78 is 32.5. The number of rotatable bonds is 3. The van der Waals surface area contributed by atoms with Gasteiger partial charge in [0.05, 0.1) is 11.6 Å². The van der Waals surface area contributed by atoms with Gasteiger partial charge in [-0.25, -0.2) is 9.78 Å². The van der Waals surface area contributed by atoms with Crippen molar-refractivity contribution >= 4 is 21.9 Å². The van der Waals surface area contributed by atoms with E-state index in [-0.39, 0.29) is 16.0 Å². The predicted octanol–water partition coefficient (Wildman–Crippen LogP) is 2.23. The van der Waals surface area contributed by atoms with Gasteiger partial charge in [0.2, 0.25) is 5.88 Å². The van der Waals surface area contributed by atoms with Crippen LogP contribution in [0.4, 0.5) is 8.78 Å². The molecule has 15 heavy (non-hydrogen) atoms. The molecule has 0 aliphatic carbocycles. The number of nitrogens with zero attached hydrogens (tertiary/aromatic N) is 1. The topological polar surface area (TPSA) is 48.4 Å². The molecule has 4 nitrogen and oxygen atoms in total. The lowest BCUT2D eigenvalue weighted by Gasteiger charge is -2.06. The minimum atomic E-state index is -3.00. The van der Waals surface area contributed by atoms with Crippen LogP contribution in [0.5, 0.6) is 5.88 Å². The van der Waals surface area contributed by atoms with E-state index in [0.717, 1.165) is 0 Å². The van der Waals surface area contributed by atoms with Gasteiger partial charge in [-0.2, -0.15) is 8.78 Å². The lowest BCUT2D eigenvalue weighted by Crippen LogP contribution is -2.09. The highest BCUT2D eigenvalue weighted by Gasteiger charge is 2.14. The van der Waals surface area contributed by atoms with E-state index >= 15 is 0 Å². The van der Waals surface area contributed by atoms with Crippen LogP contribution < -0.4 is 4.74 Å². The number of carbonyl (C=O) groups is 1. The number of esters is 1. The first-order valence-electron chi connectivity index (χ1n) is 3.74. The number of pyridine rings is 1. The number of ether oxygens (including phenoxy) is 2. The molecule has 0 N–H and O–H groups in total. The largest absolute Gasteiger partial charge is 0.464 e. The fourth-order valence-electron chi connectivity index (χ4n) is 0.809. The van der Waals surface area contributed by atoms with Gasteiger partial charge in [0.25, 0.3) is 0 Å². The molecule has 0 saturated carbocycles. The Morgan fingerprint density at radius 2 is 2.20 bits per heavy atom. The highest BCUT2D eigenvalue weighted by atomic mass is 79.9. The summed E-state index contributed by atoms with van der Waals surface area (Å²) in [5.41, 5.74) is -0.101. The number of hydrogen-bond acceptors (Lipinski definition) is 4. The second-order valence-electron chi connectivity index (χ2n) is 2.35. The molecule has 0 atom stereocenters. The molecule has 1 heterocycles. The van der Waals surface area contributed by atoms with E-state index in [1.54, 1.807) is 0 Å². The van der Waals surface area contributed by atoms with Crippen molar-refractivity contribution < 1.29 is 23.0 Å². The van der Waals surface area contributed by atoms with E-state index < -0.39 is 12.6 Å². The third-order valence-corrected chi connectivity index (χ3v) is 2.01. The Balaban J connectivity index is 2.99. The minimum Gasteiger partial charge on any atom is -0.464 e. The number of halogens is 3. The van der Waals surface area contributed by atoms with Crippen molar-refractivity contribution in [1.29, 1.82) is 0 Å². The van der Waals surface area contributed by atoms with E-state index in [1.165, 1.54) is 19.2 Å². The van der Waals surface area contributed by atoms with Crippen LogP contribution in [-0.2, 0) is 4.74 Å². The van der Waals surface area contributed by atoms with Gasteiger partial charge in [-0.15, -0.1) is 0 Å². The molecule has 0 spiro atoms. The molecule has 0 bridgehead atoms. The third-order valence-electron chi connectivity index (χ3n) is 1.41. The van der Waals surface area contributed by atoms with Gasteiger partial charge in [0, 0.05) is 0 Å². The smallest absolute Gasteiger partial charge is 0.388 e. The van der Waals surface area contributed by atoms with E-state index in [0.29, 0.717) is 0 Å². The van der Waals surface area contributed by atoms with E-state index in [9.17, 15) is 13.6 Å². The Morgan fingerprint density at radius 1 is 1.53 bits per heavy atom. The minimum absolute atomic E-state index is 0.101. The summed E-state index contributed by atoms with van der Waals surface area (Å²) in [6, 6.07) is 2.70. The standard InChI is InChI=1S/C8H6BrF2NO3/c1-14-7(13)5-3-2-4(9)6(12-5)15-8(10)11/h2-3,8H,1H3. The molecule has 0 unspecified atom stereocenters. The zero-order valence-corrected chi connectivity index (χ0v) is 9.12. The van der Waals surface area contributed by atoms with Crippen molar-refractivity contribution in [2.24, 2.45) is 0 Å². The molecule has 0 saturated heterocycles. The monoisotopic (exact) mass is 281 g/mol. The summed E-state index contributed by atoms with van der Waals surface area (Å²) in [7, 11) is 1.17. The Morgan fingerprint density at radius 3 is 2.73 bits per heavy atom. The molecule has 0 aliphatic rings. The van der Waals surface area contributed by atoms with Crippen LogP contribution >= 0.6 is 15.9 Å². The summed E-state index contributed by atoms with van der Waals surface area (Å²) in [5, 5.41) is 0. The zero-order chi connectivity index (χ0) is 11.4. The van der Waals surface area contributed by atoms with E-state index in [1.807, 2.05) is 0 Å². The fraction of sp³-hybridized carbons (Fsp3) is 0.250. The fourth-order valence-corrected chi connectivity index (χ4v) is 1.12. The van der Waals surface area contributed by atoms with Crippen LogP contribution in [0.15, 0.2) is 16.6 Å². The van der Waals surface area contributed by atoms with Crippen LogP contribution in [0, 0.1) is 0 Å². The van der Waals surface area contributed by atoms with Crippen molar-refractivity contribution in [1.82, 2.24) is 4.98 Å². The highest BCUT2D eigenvalue weighted by molar-refractivity contribution is 9.10. The first-order chi connectivity index (χ1) is 7.04. The second-order valence-corrected chi connectivity index (χ2v) is 3.21. The summed E-state index contributed by atoms with van der Waals surface area (Å²) in [6.45, 7) is -3.00. The van der Waals surface area contributed by atoms with Crippen LogP contribution in [0.1, 0.15) is 10.5 Å². The maximum absolute atomic E-state index is 11.9. The van der Waals surface area contributed by atoms with Crippen molar-refractivity contribution in [3.8, 4) is 5.88 Å². The van der Waals surface area contributed by atoms with Crippen molar-refractivity contribution in [3.05, 3.63) is 22.3 Å². The average molecular weight is 282 g/mol. The Bertz CT molecular complexity index is 373. The van der Waals surface area contributed by atoms with Crippen LogP contribution in [0.25, 0.3) is 0 Å². The highest BCUT2D eigenvalue weighted by Crippen LogP contribution is 2.24. The van der Waals surface area contributed by atoms with Crippen LogP contribution in [0.2, 0.25) is 0 Å². The quantitative estimate of drug-likeness (QED) is 0.798. The Hall–Kier alpha value is -1.24. The van der Waals surface area contributed by atoms with Gasteiger partial charge >= 0.3 is 12.6 Å². The second kappa shape index (κ2) is 5.01. The van der Waals surface area contributed by atoms with Crippen molar-refractivity contribution in [2.45, 2.75) is 6.61 Å². The summed E-state index contributed by atoms with van der Waals surface area (Å²) >= 11 is 2.96. The lowest BCUT2D eigenvalue weighted by atomic mass is 10.3. The summed E-state index contributed by atoms with van der Waals surface area (Å²) in [5.74, 6) is -1.07. The molecule has 0 aliphatic heterocycles. The first-order valence-corrected chi connectivity index (χ1v) is 4.53. The summed E-state index contributed by atoms with van der Waals surface area (Å²) in [6.07, 6.45) is 0. The maximum Gasteiger partial charge on any atom is 0.388 e. The van der Waals surface area contributed by atoms with Crippen molar-refractivity contribution in [2.75, 3.05) is 7.11 Å². The predicted molar refractivity (Wildman–Crippen MR) is 49.9 cm³/mol. The molecule has 7 heteroatoms. The van der Waals surface area contributed by atoms with Gasteiger partial charge in [0.15, 0.2) is 5.69 Å². The summed E-state index contributed by atoms with van der Waals surface area (Å²) in [4.78, 5) is 14.6. The molecule has 1 aromatic rings. The molecule has 1 rings (SSSR count). The molecule has 0 aromatic carbocycles. The molecule has 0 fully saturated rings. The zero-order valence-electron chi connectivity index (χ0n) is 7.54. The molecule has 0 amide bonds. The number of carbonyl (C=O) groups excluding carboxylic acids is 1. The maximum atomic E-state index is 11.9. The molecular weight excluding hydrogens is 276 g/mol. The lowest BCUT2D eigenvalue weighted by molar-refractivity contribution is -0.0535. The molecule has 82 valence electrons. The Kier molecular flexibility index (Phi) is 3.96. The van der Waals surface area contributed by atoms with Crippen molar-refractivity contribution in [3.63, 3.8) is 0 Å². The first kappa shape index (κ1) is 11.8. The molecule has 1 aromatic heterocycles. The van der Waals surface area contributed by atoms with E-state index in [2.05, 4.69) is 30.4 Å².